The van der Waals surface area contributed by atoms with E-state index in [1.54, 1.807) is 22.9 Å². The van der Waals surface area contributed by atoms with Crippen LogP contribution >= 0.6 is 11.6 Å². The van der Waals surface area contributed by atoms with Gasteiger partial charge in [-0.05, 0) is 69.2 Å². The number of pyridine rings is 1. The molecule has 0 aliphatic rings. The van der Waals surface area contributed by atoms with E-state index < -0.39 is 18.5 Å². The Bertz CT molecular complexity index is 1090. The molecule has 0 fully saturated rings. The Morgan fingerprint density at radius 3 is 2.48 bits per heavy atom. The molecule has 150 valence electrons. The summed E-state index contributed by atoms with van der Waals surface area (Å²) < 4.78 is 6.70. The van der Waals surface area contributed by atoms with Gasteiger partial charge in [0.25, 0.3) is 5.91 Å². The second kappa shape index (κ2) is 8.45. The molecule has 7 nitrogen and oxygen atoms in total. The normalized spacial score (nSPS) is 10.7. The first-order chi connectivity index (χ1) is 13.7. The van der Waals surface area contributed by atoms with E-state index in [1.165, 1.54) is 0 Å². The predicted molar refractivity (Wildman–Crippen MR) is 111 cm³/mol. The topological polar surface area (TPSA) is 86.1 Å². The van der Waals surface area contributed by atoms with E-state index in [0.717, 1.165) is 22.5 Å². The number of esters is 1. The van der Waals surface area contributed by atoms with E-state index >= 15 is 0 Å². The van der Waals surface area contributed by atoms with Gasteiger partial charge in [-0.3, -0.25) is 4.79 Å². The van der Waals surface area contributed by atoms with Gasteiger partial charge >= 0.3 is 5.97 Å². The van der Waals surface area contributed by atoms with E-state index in [9.17, 15) is 9.59 Å². The minimum absolute atomic E-state index is 0.0734. The molecule has 0 unspecified atom stereocenters. The first-order valence-electron chi connectivity index (χ1n) is 8.99. The monoisotopic (exact) mass is 412 g/mol. The number of carbonyl (C=O) groups excluding carboxylic acids is 2. The zero-order valence-corrected chi connectivity index (χ0v) is 17.4. The van der Waals surface area contributed by atoms with Crippen molar-refractivity contribution in [1.82, 2.24) is 14.8 Å². The molecule has 3 aromatic rings. The largest absolute Gasteiger partial charge is 0.451 e. The molecule has 0 radical (unpaired) electrons. The number of aromatic nitrogens is 3. The van der Waals surface area contributed by atoms with E-state index in [-0.39, 0.29) is 10.7 Å². The van der Waals surface area contributed by atoms with Crippen LogP contribution in [0.5, 0.6) is 0 Å². The number of aryl methyl sites for hydroxylation is 4. The molecule has 2 heterocycles. The van der Waals surface area contributed by atoms with Gasteiger partial charge in [0.05, 0.1) is 10.7 Å². The fraction of sp³-hybridized carbons (Fsp3) is 0.238. The summed E-state index contributed by atoms with van der Waals surface area (Å²) in [6.07, 6.45) is 0. The number of hydrogen-bond acceptors (Lipinski definition) is 5. The summed E-state index contributed by atoms with van der Waals surface area (Å²) in [5.41, 5.74) is 4.43. The van der Waals surface area contributed by atoms with Crippen molar-refractivity contribution >= 4 is 29.2 Å². The maximum atomic E-state index is 12.4. The molecular formula is C21H21ClN4O3. The molecule has 29 heavy (non-hydrogen) atoms. The van der Waals surface area contributed by atoms with E-state index in [1.807, 2.05) is 45.9 Å². The van der Waals surface area contributed by atoms with Crippen LogP contribution in [-0.2, 0) is 9.53 Å². The minimum atomic E-state index is -0.784. The molecule has 0 saturated heterocycles. The highest BCUT2D eigenvalue weighted by Gasteiger charge is 2.18. The number of nitrogens with one attached hydrogen (secondary N) is 1. The number of anilines is 1. The Morgan fingerprint density at radius 1 is 1.07 bits per heavy atom. The van der Waals surface area contributed by atoms with Crippen LogP contribution in [0.25, 0.3) is 5.82 Å². The molecule has 0 atom stereocenters. The first kappa shape index (κ1) is 20.5. The number of carbonyl (C=O) groups is 2. The molecule has 0 aliphatic carbocycles. The predicted octanol–water partition coefficient (Wildman–Crippen LogP) is 3.95. The third-order valence-corrected chi connectivity index (χ3v) is 4.68. The number of benzene rings is 1. The van der Waals surface area contributed by atoms with Crippen molar-refractivity contribution in [2.45, 2.75) is 27.7 Å². The number of ether oxygens (including phenoxy) is 1. The number of halogens is 1. The van der Waals surface area contributed by atoms with Gasteiger partial charge in [-0.1, -0.05) is 17.7 Å². The number of rotatable bonds is 5. The number of amides is 1. The maximum absolute atomic E-state index is 12.4. The average Bonchev–Trinajstić information content (AvgIpc) is 3.01. The lowest BCUT2D eigenvalue weighted by Crippen LogP contribution is -2.22. The van der Waals surface area contributed by atoms with Gasteiger partial charge in [-0.15, -0.1) is 0 Å². The Morgan fingerprint density at radius 2 is 1.83 bits per heavy atom. The van der Waals surface area contributed by atoms with Gasteiger partial charge in [0, 0.05) is 11.4 Å². The summed E-state index contributed by atoms with van der Waals surface area (Å²) in [5.74, 6) is -0.799. The van der Waals surface area contributed by atoms with Crippen molar-refractivity contribution in [1.29, 1.82) is 0 Å². The summed E-state index contributed by atoms with van der Waals surface area (Å²) in [6.45, 7) is 7.23. The molecule has 0 aliphatic heterocycles. The molecular weight excluding hydrogens is 392 g/mol. The minimum Gasteiger partial charge on any atom is -0.451 e. The van der Waals surface area contributed by atoms with Crippen molar-refractivity contribution < 1.29 is 14.3 Å². The summed E-state index contributed by atoms with van der Waals surface area (Å²) in [4.78, 5) is 28.8. The fourth-order valence-electron chi connectivity index (χ4n) is 2.77. The van der Waals surface area contributed by atoms with Gasteiger partial charge < -0.3 is 10.1 Å². The van der Waals surface area contributed by atoms with E-state index in [0.29, 0.717) is 11.5 Å². The Labute approximate surface area is 173 Å². The third-order valence-electron chi connectivity index (χ3n) is 4.38. The van der Waals surface area contributed by atoms with Crippen molar-refractivity contribution in [3.8, 4) is 5.82 Å². The second-order valence-electron chi connectivity index (χ2n) is 6.76. The number of hydrogen-bond donors (Lipinski definition) is 1. The highest BCUT2D eigenvalue weighted by Crippen LogP contribution is 2.19. The van der Waals surface area contributed by atoms with Crippen molar-refractivity contribution in [2.75, 3.05) is 11.9 Å². The molecule has 0 bridgehead atoms. The van der Waals surface area contributed by atoms with Crippen LogP contribution in [0.4, 0.5) is 5.69 Å². The lowest BCUT2D eigenvalue weighted by Gasteiger charge is -2.10. The Hall–Kier alpha value is -3.19. The van der Waals surface area contributed by atoms with Crippen molar-refractivity contribution in [3.63, 3.8) is 0 Å². The Kier molecular flexibility index (Phi) is 5.98. The maximum Gasteiger partial charge on any atom is 0.359 e. The average molecular weight is 413 g/mol. The SMILES string of the molecule is Cc1cc(C)n(-c2ccc(Cl)c(C(=O)OCC(=O)Nc3ccc(C)c(C)c3)n2)n1. The van der Waals surface area contributed by atoms with Gasteiger partial charge in [-0.25, -0.2) is 14.5 Å². The quantitative estimate of drug-likeness (QED) is 0.641. The molecule has 0 saturated carbocycles. The van der Waals surface area contributed by atoms with Crippen LogP contribution in [0.2, 0.25) is 5.02 Å². The van der Waals surface area contributed by atoms with Crippen LogP contribution < -0.4 is 5.32 Å². The molecule has 8 heteroatoms. The first-order valence-corrected chi connectivity index (χ1v) is 9.37. The molecule has 3 rings (SSSR count). The van der Waals surface area contributed by atoms with Crippen LogP contribution in [0.15, 0.2) is 36.4 Å². The van der Waals surface area contributed by atoms with Gasteiger partial charge in [0.1, 0.15) is 0 Å². The second-order valence-corrected chi connectivity index (χ2v) is 7.17. The van der Waals surface area contributed by atoms with Crippen LogP contribution in [-0.4, -0.2) is 33.2 Å². The lowest BCUT2D eigenvalue weighted by atomic mass is 10.1. The van der Waals surface area contributed by atoms with Crippen molar-refractivity contribution in [3.05, 3.63) is 69.6 Å². The third kappa shape index (κ3) is 4.81. The Balaban J connectivity index is 1.68. The standard InChI is InChI=1S/C21H21ClN4O3/c1-12-5-6-16(9-13(12)2)23-19(27)11-29-21(28)20-17(22)7-8-18(24-20)26-15(4)10-14(3)25-26/h5-10H,11H2,1-4H3,(H,23,27). The van der Waals surface area contributed by atoms with Gasteiger partial charge in [0.2, 0.25) is 0 Å². The van der Waals surface area contributed by atoms with Crippen LogP contribution in [0, 0.1) is 27.7 Å². The summed E-state index contributed by atoms with van der Waals surface area (Å²) in [7, 11) is 0. The molecule has 2 aromatic heterocycles. The van der Waals surface area contributed by atoms with Crippen molar-refractivity contribution in [2.24, 2.45) is 0 Å². The fourth-order valence-corrected chi connectivity index (χ4v) is 2.95. The molecule has 1 aromatic carbocycles. The van der Waals surface area contributed by atoms with Gasteiger partial charge in [0.15, 0.2) is 18.1 Å². The molecule has 0 spiro atoms. The smallest absolute Gasteiger partial charge is 0.359 e. The van der Waals surface area contributed by atoms with Gasteiger partial charge in [-0.2, -0.15) is 5.10 Å². The molecule has 1 amide bonds. The summed E-state index contributed by atoms with van der Waals surface area (Å²) in [6, 6.07) is 10.7. The highest BCUT2D eigenvalue weighted by atomic mass is 35.5. The van der Waals surface area contributed by atoms with E-state index in [2.05, 4.69) is 15.4 Å². The van der Waals surface area contributed by atoms with Crippen LogP contribution in [0.3, 0.4) is 0 Å². The van der Waals surface area contributed by atoms with Crippen LogP contribution in [0.1, 0.15) is 33.0 Å². The van der Waals surface area contributed by atoms with E-state index in [4.69, 9.17) is 16.3 Å². The number of nitrogens with zero attached hydrogens (tertiary/aromatic N) is 3. The highest BCUT2D eigenvalue weighted by molar-refractivity contribution is 6.33. The zero-order chi connectivity index (χ0) is 21.1. The summed E-state index contributed by atoms with van der Waals surface area (Å²) in [5, 5.41) is 7.17. The zero-order valence-electron chi connectivity index (χ0n) is 16.6. The summed E-state index contributed by atoms with van der Waals surface area (Å²) >= 11 is 6.11. The molecule has 1 N–H and O–H groups in total. The lowest BCUT2D eigenvalue weighted by molar-refractivity contribution is -0.119.